The maximum atomic E-state index is 5.64. The van der Waals surface area contributed by atoms with Gasteiger partial charge in [-0.1, -0.05) is 0 Å². The van der Waals surface area contributed by atoms with Crippen LogP contribution in [0, 0.1) is 0 Å². The van der Waals surface area contributed by atoms with Gasteiger partial charge in [-0.15, -0.1) is 0 Å². The van der Waals surface area contributed by atoms with Gasteiger partial charge in [0.1, 0.15) is 0 Å². The Morgan fingerprint density at radius 3 is 2.38 bits per heavy atom. The number of aromatic nitrogens is 2. The lowest BCUT2D eigenvalue weighted by atomic mass is 10.6. The monoisotopic (exact) mass is 222 g/mol. The highest BCUT2D eigenvalue weighted by molar-refractivity contribution is 7.10. The van der Waals surface area contributed by atoms with E-state index in [2.05, 4.69) is 9.36 Å². The predicted molar refractivity (Wildman–Crippen MR) is 50.9 cm³/mol. The van der Waals surface area contributed by atoms with Gasteiger partial charge in [-0.25, -0.2) is 4.98 Å². The molecule has 13 heavy (non-hydrogen) atoms. The Bertz CT molecular complexity index is 250. The Labute approximate surface area is 86.0 Å². The van der Waals surface area contributed by atoms with E-state index in [-0.39, 0.29) is 0 Å². The van der Waals surface area contributed by atoms with Crippen molar-refractivity contribution < 1.29 is 9.47 Å². The molecule has 0 saturated carbocycles. The highest BCUT2D eigenvalue weighted by Crippen LogP contribution is 2.20. The molecule has 0 aliphatic heterocycles. The zero-order valence-corrected chi connectivity index (χ0v) is 9.06. The van der Waals surface area contributed by atoms with Gasteiger partial charge >= 0.3 is 0 Å². The Kier molecular flexibility index (Phi) is 4.58. The van der Waals surface area contributed by atoms with E-state index in [9.17, 15) is 0 Å². The molecule has 0 bridgehead atoms. The molecule has 1 rings (SSSR count). The maximum absolute atomic E-state index is 5.64. The van der Waals surface area contributed by atoms with Gasteiger partial charge in [0, 0.05) is 13.2 Å². The third-order valence-corrected chi connectivity index (χ3v) is 2.08. The molecule has 0 radical (unpaired) electrons. The lowest BCUT2D eigenvalue weighted by molar-refractivity contribution is -0.144. The zero-order chi connectivity index (χ0) is 9.68. The topological polar surface area (TPSA) is 44.2 Å². The van der Waals surface area contributed by atoms with E-state index in [1.165, 1.54) is 0 Å². The van der Waals surface area contributed by atoms with Gasteiger partial charge in [-0.05, 0) is 37.0 Å². The molecule has 0 amide bonds. The molecule has 0 spiro atoms. The van der Waals surface area contributed by atoms with E-state index < -0.39 is 6.29 Å². The fourth-order valence-corrected chi connectivity index (χ4v) is 1.43. The Morgan fingerprint density at radius 1 is 1.38 bits per heavy atom. The summed E-state index contributed by atoms with van der Waals surface area (Å²) in [5.41, 5.74) is 0. The van der Waals surface area contributed by atoms with Crippen LogP contribution < -0.4 is 0 Å². The summed E-state index contributed by atoms with van der Waals surface area (Å²) in [7, 11) is 0. The SMILES string of the molecule is CCOC(OCC)c1nsc(Cl)n1. The van der Waals surface area contributed by atoms with Gasteiger partial charge in [-0.2, -0.15) is 4.37 Å². The summed E-state index contributed by atoms with van der Waals surface area (Å²) in [6.45, 7) is 4.89. The van der Waals surface area contributed by atoms with Crippen molar-refractivity contribution in [2.45, 2.75) is 20.1 Å². The van der Waals surface area contributed by atoms with Crippen molar-refractivity contribution in [3.63, 3.8) is 0 Å². The predicted octanol–water partition coefficient (Wildman–Crippen LogP) is 2.26. The Morgan fingerprint density at radius 2 is 2.00 bits per heavy atom. The molecule has 6 heteroatoms. The fourth-order valence-electron chi connectivity index (χ4n) is 0.811. The molecule has 0 unspecified atom stereocenters. The molecule has 1 heterocycles. The first-order valence-electron chi connectivity index (χ1n) is 4.00. The van der Waals surface area contributed by atoms with Gasteiger partial charge in [-0.3, -0.25) is 0 Å². The molecule has 74 valence electrons. The van der Waals surface area contributed by atoms with E-state index in [1.54, 1.807) is 0 Å². The first-order chi connectivity index (χ1) is 6.27. The van der Waals surface area contributed by atoms with Crippen LogP contribution in [0.1, 0.15) is 26.0 Å². The van der Waals surface area contributed by atoms with Crippen molar-refractivity contribution in [3.05, 3.63) is 10.3 Å². The summed E-state index contributed by atoms with van der Waals surface area (Å²) in [6.07, 6.45) is -0.487. The smallest absolute Gasteiger partial charge is 0.220 e. The van der Waals surface area contributed by atoms with Crippen molar-refractivity contribution in [2.75, 3.05) is 13.2 Å². The second-order valence-corrected chi connectivity index (χ2v) is 3.48. The van der Waals surface area contributed by atoms with E-state index in [0.717, 1.165) is 11.5 Å². The van der Waals surface area contributed by atoms with Gasteiger partial charge in [0.15, 0.2) is 5.82 Å². The van der Waals surface area contributed by atoms with Crippen molar-refractivity contribution in [1.82, 2.24) is 9.36 Å². The summed E-state index contributed by atoms with van der Waals surface area (Å²) in [4.78, 5) is 3.97. The molecule has 0 aliphatic rings. The first-order valence-corrected chi connectivity index (χ1v) is 5.15. The molecule has 0 aromatic carbocycles. The second-order valence-electron chi connectivity index (χ2n) is 2.15. The van der Waals surface area contributed by atoms with Gasteiger partial charge in [0.05, 0.1) is 0 Å². The van der Waals surface area contributed by atoms with E-state index in [1.807, 2.05) is 13.8 Å². The molecule has 0 aliphatic carbocycles. The summed E-state index contributed by atoms with van der Waals surface area (Å²) in [6, 6.07) is 0. The fraction of sp³-hybridized carbons (Fsp3) is 0.714. The van der Waals surface area contributed by atoms with Crippen LogP contribution in [0.15, 0.2) is 0 Å². The standard InChI is InChI=1S/C7H11ClN2O2S/c1-3-11-6(12-4-2)5-9-7(8)13-10-5/h6H,3-4H2,1-2H3. The average molecular weight is 223 g/mol. The lowest BCUT2D eigenvalue weighted by Crippen LogP contribution is -2.10. The maximum Gasteiger partial charge on any atom is 0.220 e. The lowest BCUT2D eigenvalue weighted by Gasteiger charge is -2.12. The minimum absolute atomic E-state index is 0.402. The highest BCUT2D eigenvalue weighted by atomic mass is 35.5. The van der Waals surface area contributed by atoms with Crippen LogP contribution in [-0.4, -0.2) is 22.6 Å². The van der Waals surface area contributed by atoms with Crippen LogP contribution in [0.4, 0.5) is 0 Å². The van der Waals surface area contributed by atoms with Crippen molar-refractivity contribution in [3.8, 4) is 0 Å². The number of hydrogen-bond acceptors (Lipinski definition) is 5. The largest absolute Gasteiger partial charge is 0.346 e. The first kappa shape index (κ1) is 10.8. The molecule has 0 fully saturated rings. The van der Waals surface area contributed by atoms with E-state index in [0.29, 0.717) is 23.5 Å². The molecule has 0 atom stereocenters. The molecule has 0 N–H and O–H groups in total. The number of rotatable bonds is 5. The van der Waals surface area contributed by atoms with Crippen LogP contribution in [0.3, 0.4) is 0 Å². The zero-order valence-electron chi connectivity index (χ0n) is 7.49. The number of hydrogen-bond donors (Lipinski definition) is 0. The minimum atomic E-state index is -0.487. The summed E-state index contributed by atoms with van der Waals surface area (Å²) < 4.78 is 15.0. The number of ether oxygens (including phenoxy) is 2. The van der Waals surface area contributed by atoms with Crippen LogP contribution in [0.25, 0.3) is 0 Å². The molecular formula is C7H11ClN2O2S. The van der Waals surface area contributed by atoms with E-state index >= 15 is 0 Å². The van der Waals surface area contributed by atoms with Crippen molar-refractivity contribution in [1.29, 1.82) is 0 Å². The molecule has 0 saturated heterocycles. The quantitative estimate of drug-likeness (QED) is 0.717. The third-order valence-electron chi connectivity index (χ3n) is 1.26. The number of nitrogens with zero attached hydrogens (tertiary/aromatic N) is 2. The van der Waals surface area contributed by atoms with Crippen molar-refractivity contribution in [2.24, 2.45) is 0 Å². The second kappa shape index (κ2) is 5.49. The molecule has 1 aromatic rings. The summed E-state index contributed by atoms with van der Waals surface area (Å²) in [5, 5.41) is 0. The van der Waals surface area contributed by atoms with Gasteiger partial charge < -0.3 is 9.47 Å². The molecular weight excluding hydrogens is 212 g/mol. The van der Waals surface area contributed by atoms with Crippen LogP contribution in [0.2, 0.25) is 4.47 Å². The third kappa shape index (κ3) is 3.19. The molecule has 4 nitrogen and oxygen atoms in total. The average Bonchev–Trinajstić information content (AvgIpc) is 2.51. The van der Waals surface area contributed by atoms with Gasteiger partial charge in [0.2, 0.25) is 10.8 Å². The minimum Gasteiger partial charge on any atom is -0.346 e. The molecule has 1 aromatic heterocycles. The number of halogens is 1. The van der Waals surface area contributed by atoms with Gasteiger partial charge in [0.25, 0.3) is 0 Å². The Balaban J connectivity index is 2.63. The van der Waals surface area contributed by atoms with E-state index in [4.69, 9.17) is 21.1 Å². The summed E-state index contributed by atoms with van der Waals surface area (Å²) in [5.74, 6) is 0.499. The van der Waals surface area contributed by atoms with Crippen LogP contribution >= 0.6 is 23.1 Å². The van der Waals surface area contributed by atoms with Crippen LogP contribution in [0.5, 0.6) is 0 Å². The van der Waals surface area contributed by atoms with Crippen LogP contribution in [-0.2, 0) is 9.47 Å². The van der Waals surface area contributed by atoms with Crippen molar-refractivity contribution >= 4 is 23.1 Å². The Hall–Kier alpha value is -0.230. The highest BCUT2D eigenvalue weighted by Gasteiger charge is 2.16. The normalized spacial score (nSPS) is 11.1. The summed E-state index contributed by atoms with van der Waals surface area (Å²) >= 11 is 6.77.